The second kappa shape index (κ2) is 13.6. The molecule has 0 atom stereocenters. The second-order valence-electron chi connectivity index (χ2n) is 6.90. The summed E-state index contributed by atoms with van der Waals surface area (Å²) in [6, 6.07) is 3.14. The second-order valence-corrected chi connectivity index (χ2v) is 9.22. The number of aliphatic hydroxyl groups excluding tert-OH is 6. The van der Waals surface area contributed by atoms with Gasteiger partial charge < -0.3 is 50.7 Å². The van der Waals surface area contributed by atoms with Crippen molar-refractivity contribution in [1.82, 2.24) is 10.6 Å². The summed E-state index contributed by atoms with van der Waals surface area (Å²) in [6.45, 7) is -4.82. The molecule has 0 saturated heterocycles. The molecule has 0 aliphatic carbocycles. The first kappa shape index (κ1) is 29.0. The van der Waals surface area contributed by atoms with Crippen molar-refractivity contribution < 1.29 is 49.7 Å². The molecular weight excluding hydrogens is 658 g/mol. The van der Waals surface area contributed by atoms with Gasteiger partial charge in [0.05, 0.1) is 46.8 Å². The predicted octanol–water partition coefficient (Wildman–Crippen LogP) is -2.68. The largest absolute Gasteiger partial charge is 0.483 e. The van der Waals surface area contributed by atoms with E-state index in [9.17, 15) is 40.2 Å². The van der Waals surface area contributed by atoms with Gasteiger partial charge in [-0.25, -0.2) is 0 Å². The summed E-state index contributed by atoms with van der Waals surface area (Å²) >= 11 is 3.87. The van der Waals surface area contributed by atoms with Gasteiger partial charge in [0, 0.05) is 0 Å². The highest BCUT2D eigenvalue weighted by Crippen LogP contribution is 2.31. The fraction of sp³-hybridized carbons (Fsp3) is 0.556. The highest BCUT2D eigenvalue weighted by atomic mass is 127. The molecule has 0 aromatic heterocycles. The van der Waals surface area contributed by atoms with E-state index in [4.69, 9.17) is 9.47 Å². The number of ether oxygens (including phenoxy) is 2. The highest BCUT2D eigenvalue weighted by molar-refractivity contribution is 14.1. The minimum atomic E-state index is -1.56. The quantitative estimate of drug-likeness (QED) is 0.0957. The number of aliphatic hydroxyl groups is 6. The maximum atomic E-state index is 12.0. The Labute approximate surface area is 211 Å². The van der Waals surface area contributed by atoms with Crippen LogP contribution in [0.25, 0.3) is 0 Å². The van der Waals surface area contributed by atoms with E-state index in [-0.39, 0.29) is 0 Å². The van der Waals surface area contributed by atoms with Crippen molar-refractivity contribution in [2.24, 2.45) is 0 Å². The molecule has 0 aliphatic rings. The van der Waals surface area contributed by atoms with Crippen LogP contribution < -0.4 is 20.1 Å². The van der Waals surface area contributed by atoms with E-state index in [0.29, 0.717) is 18.6 Å². The average molecular weight is 684 g/mol. The van der Waals surface area contributed by atoms with Crippen LogP contribution in [0.15, 0.2) is 12.1 Å². The summed E-state index contributed by atoms with van der Waals surface area (Å²) in [5, 5.41) is 60.2. The smallest absolute Gasteiger partial charge is 0.258 e. The van der Waals surface area contributed by atoms with Crippen LogP contribution in [0.3, 0.4) is 0 Å². The first-order chi connectivity index (χ1) is 15.1. The third kappa shape index (κ3) is 8.08. The lowest BCUT2D eigenvalue weighted by Crippen LogP contribution is -2.58. The van der Waals surface area contributed by atoms with E-state index in [0.717, 1.165) is 0 Å². The number of amides is 2. The van der Waals surface area contributed by atoms with Gasteiger partial charge in [0.1, 0.15) is 22.6 Å². The number of carbonyl (C=O) groups excluding carboxylic acids is 2. The first-order valence-corrected chi connectivity index (χ1v) is 11.3. The Balaban J connectivity index is 2.73. The Morgan fingerprint density at radius 2 is 0.969 bits per heavy atom. The van der Waals surface area contributed by atoms with Gasteiger partial charge in [0.25, 0.3) is 11.8 Å². The molecule has 182 valence electrons. The van der Waals surface area contributed by atoms with Crippen LogP contribution in [-0.4, -0.2) is 106 Å². The number of benzene rings is 1. The van der Waals surface area contributed by atoms with Crippen LogP contribution in [0, 0.1) is 7.14 Å². The average Bonchev–Trinajstić information content (AvgIpc) is 2.80. The zero-order chi connectivity index (χ0) is 24.4. The molecule has 1 aromatic rings. The van der Waals surface area contributed by atoms with E-state index >= 15 is 0 Å². The zero-order valence-electron chi connectivity index (χ0n) is 16.9. The van der Waals surface area contributed by atoms with Crippen LogP contribution in [-0.2, 0) is 9.59 Å². The van der Waals surface area contributed by atoms with Crippen molar-refractivity contribution in [3.8, 4) is 11.5 Å². The molecule has 0 fully saturated rings. The van der Waals surface area contributed by atoms with Gasteiger partial charge in [-0.15, -0.1) is 0 Å². The highest BCUT2D eigenvalue weighted by Gasteiger charge is 2.31. The Hall–Kier alpha value is -1.02. The Kier molecular flexibility index (Phi) is 12.4. The summed E-state index contributed by atoms with van der Waals surface area (Å²) in [5.41, 5.74) is -3.11. The minimum absolute atomic E-state index is 0.337. The lowest BCUT2D eigenvalue weighted by atomic mass is 10.0. The molecule has 12 nitrogen and oxygen atoms in total. The third-order valence-electron chi connectivity index (χ3n) is 4.33. The van der Waals surface area contributed by atoms with Crippen LogP contribution in [0.2, 0.25) is 0 Å². The number of hydrogen-bond donors (Lipinski definition) is 8. The summed E-state index contributed by atoms with van der Waals surface area (Å²) < 4.78 is 12.0. The topological polar surface area (TPSA) is 198 Å². The number of halogens is 2. The van der Waals surface area contributed by atoms with Crippen LogP contribution in [0.4, 0.5) is 0 Å². The molecule has 0 radical (unpaired) electrons. The van der Waals surface area contributed by atoms with Crippen molar-refractivity contribution in [2.45, 2.75) is 11.1 Å². The van der Waals surface area contributed by atoms with Gasteiger partial charge >= 0.3 is 0 Å². The maximum Gasteiger partial charge on any atom is 0.258 e. The van der Waals surface area contributed by atoms with Gasteiger partial charge in [-0.2, -0.15) is 0 Å². The summed E-state index contributed by atoms with van der Waals surface area (Å²) in [5.74, 6) is -0.649. The molecule has 0 heterocycles. The molecule has 1 rings (SSSR count). The molecule has 0 bridgehead atoms. The van der Waals surface area contributed by atoms with E-state index in [1.54, 1.807) is 12.1 Å². The molecule has 0 saturated carbocycles. The molecule has 0 spiro atoms. The number of hydrogen-bond acceptors (Lipinski definition) is 10. The molecule has 32 heavy (non-hydrogen) atoms. The molecule has 8 N–H and O–H groups in total. The molecule has 1 aromatic carbocycles. The molecule has 2 amide bonds. The lowest BCUT2D eigenvalue weighted by molar-refractivity contribution is -0.128. The van der Waals surface area contributed by atoms with E-state index in [2.05, 4.69) is 10.6 Å². The zero-order valence-corrected chi connectivity index (χ0v) is 21.2. The first-order valence-electron chi connectivity index (χ1n) is 9.15. The van der Waals surface area contributed by atoms with Crippen molar-refractivity contribution in [2.75, 3.05) is 52.9 Å². The summed E-state index contributed by atoms with van der Waals surface area (Å²) in [4.78, 5) is 24.1. The van der Waals surface area contributed by atoms with Crippen molar-refractivity contribution in [3.05, 3.63) is 19.3 Å². The standard InChI is InChI=1S/C18H26I2N2O10/c19-11-1-13(31-3-15(29)21-17(5-23,6-24)7-25)12(20)2-14(11)32-4-16(30)22-18(8-26,9-27)10-28/h1-2,23-28H,3-10H2,(H,21,29)(H,22,30). The van der Waals surface area contributed by atoms with Gasteiger partial charge in [0.15, 0.2) is 13.2 Å². The SMILES string of the molecule is O=C(COc1cc(I)c(OCC(=O)NC(CO)(CO)CO)cc1I)NC(CO)(CO)CO. The summed E-state index contributed by atoms with van der Waals surface area (Å²) in [6.07, 6.45) is 0. The van der Waals surface area contributed by atoms with Crippen molar-refractivity contribution in [3.63, 3.8) is 0 Å². The maximum absolute atomic E-state index is 12.0. The van der Waals surface area contributed by atoms with Gasteiger partial charge in [0.2, 0.25) is 0 Å². The molecule has 14 heteroatoms. The Bertz CT molecular complexity index is 692. The van der Waals surface area contributed by atoms with Crippen LogP contribution in [0.1, 0.15) is 0 Å². The van der Waals surface area contributed by atoms with Gasteiger partial charge in [-0.05, 0) is 57.3 Å². The normalized spacial score (nSPS) is 11.8. The molecule has 0 aliphatic heterocycles. The minimum Gasteiger partial charge on any atom is -0.483 e. The Morgan fingerprint density at radius 1 is 0.688 bits per heavy atom. The van der Waals surface area contributed by atoms with Crippen molar-refractivity contribution >= 4 is 57.0 Å². The van der Waals surface area contributed by atoms with E-state index in [1.807, 2.05) is 45.2 Å². The molecular formula is C18H26I2N2O10. The predicted molar refractivity (Wildman–Crippen MR) is 127 cm³/mol. The fourth-order valence-corrected chi connectivity index (χ4v) is 3.41. The monoisotopic (exact) mass is 684 g/mol. The van der Waals surface area contributed by atoms with Gasteiger partial charge in [-0.3, -0.25) is 9.59 Å². The van der Waals surface area contributed by atoms with Crippen molar-refractivity contribution in [1.29, 1.82) is 0 Å². The Morgan fingerprint density at radius 3 is 1.22 bits per heavy atom. The number of carbonyl (C=O) groups is 2. The van der Waals surface area contributed by atoms with Gasteiger partial charge in [-0.1, -0.05) is 0 Å². The fourth-order valence-electron chi connectivity index (χ4n) is 2.22. The van der Waals surface area contributed by atoms with Crippen LogP contribution in [0.5, 0.6) is 11.5 Å². The number of nitrogens with one attached hydrogen (secondary N) is 2. The number of rotatable bonds is 14. The molecule has 0 unspecified atom stereocenters. The summed E-state index contributed by atoms with van der Waals surface area (Å²) in [7, 11) is 0. The van der Waals surface area contributed by atoms with Crippen LogP contribution >= 0.6 is 45.2 Å². The van der Waals surface area contributed by atoms with E-state index < -0.39 is 75.7 Å². The van der Waals surface area contributed by atoms with E-state index in [1.165, 1.54) is 0 Å². The third-order valence-corrected chi connectivity index (χ3v) is 6.02. The lowest BCUT2D eigenvalue weighted by Gasteiger charge is -2.28.